The normalized spacial score (nSPS) is 31.7. The van der Waals surface area contributed by atoms with Gasteiger partial charge in [-0.1, -0.05) is 26.2 Å². The Morgan fingerprint density at radius 1 is 1.22 bits per heavy atom. The number of carbonyl (C=O) groups is 1. The van der Waals surface area contributed by atoms with Crippen LogP contribution in [0.3, 0.4) is 0 Å². The van der Waals surface area contributed by atoms with Crippen LogP contribution in [-0.4, -0.2) is 25.0 Å². The summed E-state index contributed by atoms with van der Waals surface area (Å²) in [5, 5.41) is 6.50. The molecule has 0 bridgehead atoms. The minimum atomic E-state index is 0. The summed E-state index contributed by atoms with van der Waals surface area (Å²) in [5.74, 6) is 1.74. The first kappa shape index (κ1) is 15.8. The average Bonchev–Trinajstić information content (AvgIpc) is 2.81. The van der Waals surface area contributed by atoms with Crippen LogP contribution in [0.15, 0.2) is 0 Å². The molecule has 18 heavy (non-hydrogen) atoms. The van der Waals surface area contributed by atoms with E-state index in [1.54, 1.807) is 0 Å². The van der Waals surface area contributed by atoms with Crippen LogP contribution in [0, 0.1) is 11.8 Å². The number of hydrogen-bond donors (Lipinski definition) is 2. The zero-order valence-electron chi connectivity index (χ0n) is 11.4. The molecule has 3 atom stereocenters. The third-order valence-electron chi connectivity index (χ3n) is 4.44. The standard InChI is InChI=1S/C14H26N2O.ClH/c1-11-5-2-3-6-12(11)10-16-14(17)9-13-7-4-8-15-13;/h11-13,15H,2-10H2,1H3,(H,16,17);1H. The zero-order valence-corrected chi connectivity index (χ0v) is 12.2. The van der Waals surface area contributed by atoms with Gasteiger partial charge in [-0.05, 0) is 37.6 Å². The number of hydrogen-bond acceptors (Lipinski definition) is 2. The molecule has 1 heterocycles. The van der Waals surface area contributed by atoms with E-state index < -0.39 is 0 Å². The molecule has 2 aliphatic rings. The van der Waals surface area contributed by atoms with Crippen molar-refractivity contribution in [2.24, 2.45) is 11.8 Å². The lowest BCUT2D eigenvalue weighted by atomic mass is 9.80. The lowest BCUT2D eigenvalue weighted by Gasteiger charge is -2.28. The molecule has 1 amide bonds. The molecule has 2 N–H and O–H groups in total. The molecule has 1 aliphatic carbocycles. The van der Waals surface area contributed by atoms with Crippen molar-refractivity contribution < 1.29 is 4.79 Å². The number of carbonyl (C=O) groups excluding carboxylic acids is 1. The summed E-state index contributed by atoms with van der Waals surface area (Å²) in [6.45, 7) is 4.30. The van der Waals surface area contributed by atoms with Crippen molar-refractivity contribution in [3.63, 3.8) is 0 Å². The van der Waals surface area contributed by atoms with Gasteiger partial charge in [0, 0.05) is 19.0 Å². The van der Waals surface area contributed by atoms with Crippen molar-refractivity contribution in [1.29, 1.82) is 0 Å². The van der Waals surface area contributed by atoms with Gasteiger partial charge in [0.15, 0.2) is 0 Å². The van der Waals surface area contributed by atoms with Crippen LogP contribution in [0.4, 0.5) is 0 Å². The van der Waals surface area contributed by atoms with E-state index in [9.17, 15) is 4.79 Å². The lowest BCUT2D eigenvalue weighted by Crippen LogP contribution is -2.36. The summed E-state index contributed by atoms with van der Waals surface area (Å²) in [6.07, 6.45) is 8.40. The molecular formula is C14H27ClN2O. The van der Waals surface area contributed by atoms with Gasteiger partial charge in [-0.2, -0.15) is 0 Å². The summed E-state index contributed by atoms with van der Waals surface area (Å²) in [7, 11) is 0. The molecule has 3 nitrogen and oxygen atoms in total. The van der Waals surface area contributed by atoms with E-state index in [1.807, 2.05) is 0 Å². The summed E-state index contributed by atoms with van der Waals surface area (Å²) in [4.78, 5) is 11.8. The Kier molecular flexibility index (Phi) is 7.02. The Bertz CT molecular complexity index is 254. The van der Waals surface area contributed by atoms with E-state index in [0.29, 0.717) is 18.4 Å². The van der Waals surface area contributed by atoms with E-state index in [4.69, 9.17) is 0 Å². The molecule has 1 aliphatic heterocycles. The van der Waals surface area contributed by atoms with Crippen molar-refractivity contribution >= 4 is 18.3 Å². The highest BCUT2D eigenvalue weighted by atomic mass is 35.5. The molecule has 2 rings (SSSR count). The van der Waals surface area contributed by atoms with Crippen LogP contribution in [0.2, 0.25) is 0 Å². The van der Waals surface area contributed by atoms with E-state index in [1.165, 1.54) is 32.1 Å². The van der Waals surface area contributed by atoms with E-state index in [-0.39, 0.29) is 18.3 Å². The lowest BCUT2D eigenvalue weighted by molar-refractivity contribution is -0.121. The zero-order chi connectivity index (χ0) is 12.1. The predicted molar refractivity (Wildman–Crippen MR) is 77.0 cm³/mol. The topological polar surface area (TPSA) is 41.1 Å². The van der Waals surface area contributed by atoms with Crippen molar-refractivity contribution in [3.8, 4) is 0 Å². The minimum absolute atomic E-state index is 0. The fourth-order valence-corrected chi connectivity index (χ4v) is 3.17. The highest BCUT2D eigenvalue weighted by Crippen LogP contribution is 2.28. The molecule has 0 aromatic heterocycles. The molecular weight excluding hydrogens is 248 g/mol. The molecule has 0 spiro atoms. The number of halogens is 1. The highest BCUT2D eigenvalue weighted by Gasteiger charge is 2.22. The van der Waals surface area contributed by atoms with Crippen molar-refractivity contribution in [2.75, 3.05) is 13.1 Å². The van der Waals surface area contributed by atoms with Gasteiger partial charge in [0.05, 0.1) is 0 Å². The summed E-state index contributed by atoms with van der Waals surface area (Å²) >= 11 is 0. The smallest absolute Gasteiger partial charge is 0.221 e. The van der Waals surface area contributed by atoms with E-state index in [2.05, 4.69) is 17.6 Å². The van der Waals surface area contributed by atoms with Crippen molar-refractivity contribution in [2.45, 2.75) is 57.9 Å². The van der Waals surface area contributed by atoms with Gasteiger partial charge in [0.2, 0.25) is 5.91 Å². The minimum Gasteiger partial charge on any atom is -0.356 e. The molecule has 0 radical (unpaired) electrons. The fourth-order valence-electron chi connectivity index (χ4n) is 3.17. The largest absolute Gasteiger partial charge is 0.356 e. The second-order valence-electron chi connectivity index (χ2n) is 5.82. The van der Waals surface area contributed by atoms with E-state index in [0.717, 1.165) is 25.4 Å². The van der Waals surface area contributed by atoms with Gasteiger partial charge >= 0.3 is 0 Å². The van der Waals surface area contributed by atoms with Gasteiger partial charge in [-0.15, -0.1) is 12.4 Å². The van der Waals surface area contributed by atoms with Crippen molar-refractivity contribution in [1.82, 2.24) is 10.6 Å². The maximum Gasteiger partial charge on any atom is 0.221 e. The number of amides is 1. The Morgan fingerprint density at radius 3 is 2.67 bits per heavy atom. The molecule has 0 aromatic carbocycles. The van der Waals surface area contributed by atoms with Gasteiger partial charge in [-0.25, -0.2) is 0 Å². The van der Waals surface area contributed by atoms with Gasteiger partial charge in [-0.3, -0.25) is 4.79 Å². The molecule has 3 unspecified atom stereocenters. The van der Waals surface area contributed by atoms with Crippen LogP contribution >= 0.6 is 12.4 Å². The molecule has 1 saturated carbocycles. The second-order valence-corrected chi connectivity index (χ2v) is 5.82. The Hall–Kier alpha value is -0.280. The first-order valence-electron chi connectivity index (χ1n) is 7.26. The van der Waals surface area contributed by atoms with Crippen LogP contribution in [0.25, 0.3) is 0 Å². The number of rotatable bonds is 4. The first-order valence-corrected chi connectivity index (χ1v) is 7.26. The molecule has 106 valence electrons. The van der Waals surface area contributed by atoms with Crippen LogP contribution in [-0.2, 0) is 4.79 Å². The third kappa shape index (κ3) is 4.77. The Labute approximate surface area is 117 Å². The first-order chi connectivity index (χ1) is 8.25. The summed E-state index contributed by atoms with van der Waals surface area (Å²) < 4.78 is 0. The van der Waals surface area contributed by atoms with E-state index >= 15 is 0 Å². The Morgan fingerprint density at radius 2 is 2.00 bits per heavy atom. The Balaban J connectivity index is 0.00000162. The molecule has 0 aromatic rings. The van der Waals surface area contributed by atoms with Crippen LogP contribution in [0.5, 0.6) is 0 Å². The van der Waals surface area contributed by atoms with Gasteiger partial charge in [0.1, 0.15) is 0 Å². The molecule has 1 saturated heterocycles. The quantitative estimate of drug-likeness (QED) is 0.827. The van der Waals surface area contributed by atoms with Gasteiger partial charge in [0.25, 0.3) is 0 Å². The summed E-state index contributed by atoms with van der Waals surface area (Å²) in [6, 6.07) is 0.429. The highest BCUT2D eigenvalue weighted by molar-refractivity contribution is 5.85. The molecule has 4 heteroatoms. The third-order valence-corrected chi connectivity index (χ3v) is 4.44. The van der Waals surface area contributed by atoms with Gasteiger partial charge < -0.3 is 10.6 Å². The van der Waals surface area contributed by atoms with Crippen molar-refractivity contribution in [3.05, 3.63) is 0 Å². The maximum atomic E-state index is 11.8. The predicted octanol–water partition coefficient (Wildman–Crippen LogP) is 2.49. The second kappa shape index (κ2) is 8.00. The maximum absolute atomic E-state index is 11.8. The average molecular weight is 275 g/mol. The summed E-state index contributed by atoms with van der Waals surface area (Å²) in [5.41, 5.74) is 0. The monoisotopic (exact) mass is 274 g/mol. The fraction of sp³-hybridized carbons (Fsp3) is 0.929. The SMILES string of the molecule is CC1CCCCC1CNC(=O)CC1CCCN1.Cl. The van der Waals surface area contributed by atoms with Crippen LogP contribution < -0.4 is 10.6 Å². The van der Waals surface area contributed by atoms with Crippen LogP contribution in [0.1, 0.15) is 51.9 Å². The molecule has 2 fully saturated rings. The number of nitrogens with one attached hydrogen (secondary N) is 2.